The van der Waals surface area contributed by atoms with Gasteiger partial charge in [-0.1, -0.05) is 30.3 Å². The molecule has 1 amide bonds. The van der Waals surface area contributed by atoms with Gasteiger partial charge in [-0.3, -0.25) is 9.59 Å². The molecule has 3 aliphatic rings. The van der Waals surface area contributed by atoms with Crippen LogP contribution in [0.3, 0.4) is 0 Å². The van der Waals surface area contributed by atoms with Crippen LogP contribution in [0.1, 0.15) is 37.7 Å². The van der Waals surface area contributed by atoms with Crippen molar-refractivity contribution in [3.8, 4) is 0 Å². The van der Waals surface area contributed by atoms with Gasteiger partial charge in [0.1, 0.15) is 0 Å². The van der Waals surface area contributed by atoms with Crippen LogP contribution in [0.25, 0.3) is 0 Å². The van der Waals surface area contributed by atoms with Crippen LogP contribution in [0.15, 0.2) is 30.3 Å². The molecule has 26 heavy (non-hydrogen) atoms. The van der Waals surface area contributed by atoms with Crippen LogP contribution in [-0.4, -0.2) is 55.4 Å². The third-order valence-corrected chi connectivity index (χ3v) is 7.37. The van der Waals surface area contributed by atoms with Crippen molar-refractivity contribution in [2.75, 3.05) is 18.1 Å². The Kier molecular flexibility index (Phi) is 4.29. The quantitative estimate of drug-likeness (QED) is 0.701. The maximum absolute atomic E-state index is 12.7. The molecule has 0 radical (unpaired) electrons. The maximum atomic E-state index is 12.7. The Hall–Kier alpha value is -1.89. The van der Waals surface area contributed by atoms with Gasteiger partial charge in [-0.25, -0.2) is 8.42 Å². The number of esters is 1. The first-order valence-electron chi connectivity index (χ1n) is 9.16. The summed E-state index contributed by atoms with van der Waals surface area (Å²) in [6.07, 6.45) is 3.73. The third-order valence-electron chi connectivity index (χ3n) is 5.62. The molecule has 1 aromatic rings. The maximum Gasteiger partial charge on any atom is 0.317 e. The predicted octanol–water partition coefficient (Wildman–Crippen LogP) is 1.44. The number of nitrogens with zero attached hydrogens (tertiary/aromatic N) is 1. The fourth-order valence-corrected chi connectivity index (χ4v) is 5.60. The van der Waals surface area contributed by atoms with E-state index < -0.39 is 15.3 Å². The minimum atomic E-state index is -3.06. The van der Waals surface area contributed by atoms with E-state index in [1.807, 2.05) is 30.3 Å². The largest absolute Gasteiger partial charge is 0.455 e. The van der Waals surface area contributed by atoms with E-state index in [9.17, 15) is 18.0 Å². The van der Waals surface area contributed by atoms with Crippen molar-refractivity contribution >= 4 is 21.7 Å². The SMILES string of the molecule is O=C(COC(=O)C1(c2ccccc2)CC1)N(C1CC1)[C@@H]1CCS(=O)(=O)C1. The zero-order valence-corrected chi connectivity index (χ0v) is 15.4. The summed E-state index contributed by atoms with van der Waals surface area (Å²) in [5.41, 5.74) is 0.321. The number of carbonyl (C=O) groups excluding carboxylic acids is 2. The minimum Gasteiger partial charge on any atom is -0.455 e. The van der Waals surface area contributed by atoms with Crippen LogP contribution >= 0.6 is 0 Å². The van der Waals surface area contributed by atoms with E-state index in [2.05, 4.69) is 0 Å². The molecule has 1 heterocycles. The summed E-state index contributed by atoms with van der Waals surface area (Å²) in [6, 6.07) is 9.34. The van der Waals surface area contributed by atoms with E-state index in [4.69, 9.17) is 4.74 Å². The summed E-state index contributed by atoms with van der Waals surface area (Å²) in [5.74, 6) is -0.471. The van der Waals surface area contributed by atoms with Gasteiger partial charge >= 0.3 is 5.97 Å². The Morgan fingerprint density at radius 1 is 1.08 bits per heavy atom. The topological polar surface area (TPSA) is 80.8 Å². The zero-order chi connectivity index (χ0) is 18.4. The number of amides is 1. The monoisotopic (exact) mass is 377 g/mol. The van der Waals surface area contributed by atoms with E-state index in [1.54, 1.807) is 4.90 Å². The summed E-state index contributed by atoms with van der Waals surface area (Å²) in [4.78, 5) is 26.9. The van der Waals surface area contributed by atoms with Crippen LogP contribution in [0, 0.1) is 0 Å². The van der Waals surface area contributed by atoms with Crippen LogP contribution in [0.5, 0.6) is 0 Å². The molecule has 3 fully saturated rings. The molecular weight excluding hydrogens is 354 g/mol. The Balaban J connectivity index is 1.39. The van der Waals surface area contributed by atoms with Crippen molar-refractivity contribution in [3.05, 3.63) is 35.9 Å². The predicted molar refractivity (Wildman–Crippen MR) is 95.2 cm³/mol. The lowest BCUT2D eigenvalue weighted by Crippen LogP contribution is -2.45. The van der Waals surface area contributed by atoms with Crippen molar-refractivity contribution in [2.45, 2.75) is 49.6 Å². The minimum absolute atomic E-state index is 0.0249. The molecule has 0 unspecified atom stereocenters. The van der Waals surface area contributed by atoms with Crippen molar-refractivity contribution in [1.29, 1.82) is 0 Å². The van der Waals surface area contributed by atoms with Crippen molar-refractivity contribution < 1.29 is 22.7 Å². The summed E-state index contributed by atoms with van der Waals surface area (Å²) in [5, 5.41) is 0. The highest BCUT2D eigenvalue weighted by atomic mass is 32.2. The van der Waals surface area contributed by atoms with Gasteiger partial charge in [-0.05, 0) is 37.7 Å². The first-order valence-corrected chi connectivity index (χ1v) is 11.0. The molecule has 1 aromatic carbocycles. The van der Waals surface area contributed by atoms with E-state index in [1.165, 1.54) is 0 Å². The molecule has 0 bridgehead atoms. The van der Waals surface area contributed by atoms with Crippen LogP contribution in [-0.2, 0) is 29.6 Å². The number of carbonyl (C=O) groups is 2. The van der Waals surface area contributed by atoms with E-state index in [0.717, 1.165) is 31.2 Å². The second kappa shape index (κ2) is 6.37. The number of hydrogen-bond acceptors (Lipinski definition) is 5. The molecule has 1 saturated heterocycles. The lowest BCUT2D eigenvalue weighted by molar-refractivity contribution is -0.155. The van der Waals surface area contributed by atoms with Gasteiger partial charge in [0, 0.05) is 12.1 Å². The van der Waals surface area contributed by atoms with E-state index in [0.29, 0.717) is 6.42 Å². The van der Waals surface area contributed by atoms with Crippen LogP contribution < -0.4 is 0 Å². The molecule has 0 spiro atoms. The summed E-state index contributed by atoms with van der Waals surface area (Å²) in [6.45, 7) is -0.305. The van der Waals surface area contributed by atoms with Crippen molar-refractivity contribution in [3.63, 3.8) is 0 Å². The smallest absolute Gasteiger partial charge is 0.317 e. The zero-order valence-electron chi connectivity index (χ0n) is 14.6. The molecule has 2 aliphatic carbocycles. The van der Waals surface area contributed by atoms with Crippen molar-refractivity contribution in [2.24, 2.45) is 0 Å². The molecule has 140 valence electrons. The fourth-order valence-electron chi connectivity index (χ4n) is 3.89. The number of ether oxygens (including phenoxy) is 1. The molecule has 0 N–H and O–H groups in total. The first-order chi connectivity index (χ1) is 12.4. The van der Waals surface area contributed by atoms with Crippen LogP contribution in [0.4, 0.5) is 0 Å². The van der Waals surface area contributed by atoms with Gasteiger partial charge < -0.3 is 9.64 Å². The summed E-state index contributed by atoms with van der Waals surface area (Å²) >= 11 is 0. The second-order valence-electron chi connectivity index (χ2n) is 7.61. The third kappa shape index (κ3) is 3.37. The molecule has 4 rings (SSSR count). The van der Waals surface area contributed by atoms with E-state index >= 15 is 0 Å². The highest BCUT2D eigenvalue weighted by Gasteiger charge is 2.53. The lowest BCUT2D eigenvalue weighted by atomic mass is 9.96. The molecule has 2 saturated carbocycles. The Bertz CT molecular complexity index is 812. The Morgan fingerprint density at radius 3 is 2.31 bits per heavy atom. The number of sulfone groups is 1. The molecule has 1 aliphatic heterocycles. The van der Waals surface area contributed by atoms with E-state index in [-0.39, 0.29) is 42.1 Å². The molecule has 1 atom stereocenters. The molecular formula is C19H23NO5S. The van der Waals surface area contributed by atoms with Gasteiger partial charge in [0.2, 0.25) is 0 Å². The second-order valence-corrected chi connectivity index (χ2v) is 9.84. The van der Waals surface area contributed by atoms with Gasteiger partial charge in [-0.2, -0.15) is 0 Å². The molecule has 7 heteroatoms. The Morgan fingerprint density at radius 2 is 1.77 bits per heavy atom. The average molecular weight is 377 g/mol. The Labute approximate surface area is 153 Å². The lowest BCUT2D eigenvalue weighted by Gasteiger charge is -2.28. The van der Waals surface area contributed by atoms with Gasteiger partial charge in [-0.15, -0.1) is 0 Å². The average Bonchev–Trinajstić information content (AvgIpc) is 3.53. The van der Waals surface area contributed by atoms with Gasteiger partial charge in [0.15, 0.2) is 16.4 Å². The standard InChI is InChI=1S/C19H23NO5S/c21-17(20(15-6-7-15)16-8-11-26(23,24)13-16)12-25-18(22)19(9-10-19)14-4-2-1-3-5-14/h1-5,15-16H,6-13H2/t16-/m1/s1. The summed E-state index contributed by atoms with van der Waals surface area (Å²) in [7, 11) is -3.06. The number of rotatable bonds is 6. The normalized spacial score (nSPS) is 25.5. The highest BCUT2D eigenvalue weighted by Crippen LogP contribution is 2.49. The molecule has 6 nitrogen and oxygen atoms in total. The first kappa shape index (κ1) is 17.5. The number of benzene rings is 1. The van der Waals surface area contributed by atoms with Gasteiger partial charge in [0.05, 0.1) is 16.9 Å². The highest BCUT2D eigenvalue weighted by molar-refractivity contribution is 7.91. The van der Waals surface area contributed by atoms with Crippen molar-refractivity contribution in [1.82, 2.24) is 4.90 Å². The number of hydrogen-bond donors (Lipinski definition) is 0. The summed E-state index contributed by atoms with van der Waals surface area (Å²) < 4.78 is 28.9. The fraction of sp³-hybridized carbons (Fsp3) is 0.579. The van der Waals surface area contributed by atoms with Gasteiger partial charge in [0.25, 0.3) is 5.91 Å². The van der Waals surface area contributed by atoms with Crippen LogP contribution in [0.2, 0.25) is 0 Å². The molecule has 0 aromatic heterocycles.